The number of esters is 1. The number of aliphatic hydroxyl groups excluding tert-OH is 1. The van der Waals surface area contributed by atoms with Crippen molar-refractivity contribution in [2.75, 3.05) is 0 Å². The zero-order valence-electron chi connectivity index (χ0n) is 13.5. The first kappa shape index (κ1) is 15.6. The summed E-state index contributed by atoms with van der Waals surface area (Å²) in [5.74, 6) is -1.53. The van der Waals surface area contributed by atoms with E-state index in [-0.39, 0.29) is 47.0 Å². The highest BCUT2D eigenvalue weighted by Crippen LogP contribution is 2.61. The van der Waals surface area contributed by atoms with Crippen molar-refractivity contribution in [3.63, 3.8) is 0 Å². The van der Waals surface area contributed by atoms with E-state index in [1.165, 1.54) is 12.1 Å². The summed E-state index contributed by atoms with van der Waals surface area (Å²) in [6.45, 7) is 3.92. The highest BCUT2D eigenvalue weighted by atomic mass is 16.6. The van der Waals surface area contributed by atoms with Crippen molar-refractivity contribution in [2.45, 2.75) is 38.3 Å². The normalized spacial score (nSPS) is 42.3. The van der Waals surface area contributed by atoms with Crippen LogP contribution in [0.4, 0.5) is 0 Å². The molecule has 4 bridgehead atoms. The number of rotatable bonds is 3. The molecule has 128 valence electrons. The van der Waals surface area contributed by atoms with Gasteiger partial charge in [-0.15, -0.1) is 0 Å². The predicted octanol–water partition coefficient (Wildman–Crippen LogP) is 1.57. The van der Waals surface area contributed by atoms with Gasteiger partial charge in [0.2, 0.25) is 0 Å². The Bertz CT molecular complexity index is 699. The fourth-order valence-electron chi connectivity index (χ4n) is 4.55. The van der Waals surface area contributed by atoms with E-state index in [2.05, 4.69) is 0 Å². The number of carboxylic acids is 1. The number of carbonyl (C=O) groups is 2. The lowest BCUT2D eigenvalue weighted by Gasteiger charge is -2.27. The summed E-state index contributed by atoms with van der Waals surface area (Å²) in [5.41, 5.74) is -0.0249. The summed E-state index contributed by atoms with van der Waals surface area (Å²) in [5, 5.41) is 19.6. The van der Waals surface area contributed by atoms with E-state index in [0.29, 0.717) is 0 Å². The molecular formula is C18H20O6. The second-order valence-electron chi connectivity index (χ2n) is 7.15. The van der Waals surface area contributed by atoms with Crippen LogP contribution in [0.3, 0.4) is 0 Å². The van der Waals surface area contributed by atoms with Gasteiger partial charge in [-0.05, 0) is 24.0 Å². The number of carbonyl (C=O) groups excluding carboxylic acids is 1. The first-order valence-electron chi connectivity index (χ1n) is 8.28. The fourth-order valence-corrected chi connectivity index (χ4v) is 4.55. The van der Waals surface area contributed by atoms with E-state index in [4.69, 9.17) is 9.47 Å². The molecule has 4 fully saturated rings. The SMILES string of the molecule is CC1C(O)C(C)[C@H]2O[C@H]3[C@@H]1[C@@H]3[C@@H]2OC(=O)c1ccccc1C(=O)O. The molecule has 2 aliphatic heterocycles. The zero-order chi connectivity index (χ0) is 17.2. The lowest BCUT2D eigenvalue weighted by Crippen LogP contribution is -2.39. The maximum Gasteiger partial charge on any atom is 0.339 e. The molecule has 6 heteroatoms. The molecule has 24 heavy (non-hydrogen) atoms. The minimum atomic E-state index is -1.16. The van der Waals surface area contributed by atoms with Gasteiger partial charge >= 0.3 is 11.9 Å². The minimum Gasteiger partial charge on any atom is -0.478 e. The van der Waals surface area contributed by atoms with Gasteiger partial charge < -0.3 is 19.7 Å². The van der Waals surface area contributed by atoms with Gasteiger partial charge in [-0.3, -0.25) is 0 Å². The van der Waals surface area contributed by atoms with Gasteiger partial charge in [-0.2, -0.15) is 0 Å². The number of fused-ring (bicyclic) bond motifs is 2. The molecule has 2 heterocycles. The second-order valence-corrected chi connectivity index (χ2v) is 7.15. The molecular weight excluding hydrogens is 312 g/mol. The standard InChI is InChI=1S/C18H20O6/c1-7-11-12-15(11)23-14(8(2)13(7)19)16(12)24-18(22)10-6-4-3-5-9(10)17(20)21/h3-8,11-16,19H,1-2H3,(H,20,21)/t7?,8?,11-,12-,13?,14+,15-,16-/m0/s1. The quantitative estimate of drug-likeness (QED) is 0.816. The molecule has 0 amide bonds. The summed E-state index contributed by atoms with van der Waals surface area (Å²) in [6, 6.07) is 6.03. The summed E-state index contributed by atoms with van der Waals surface area (Å²) in [4.78, 5) is 23.8. The van der Waals surface area contributed by atoms with E-state index in [1.54, 1.807) is 12.1 Å². The predicted molar refractivity (Wildman–Crippen MR) is 82.6 cm³/mol. The number of aliphatic hydroxyl groups is 1. The van der Waals surface area contributed by atoms with Gasteiger partial charge in [0.15, 0.2) is 0 Å². The van der Waals surface area contributed by atoms with Crippen molar-refractivity contribution in [1.29, 1.82) is 0 Å². The van der Waals surface area contributed by atoms with E-state index >= 15 is 0 Å². The highest BCUT2D eigenvalue weighted by Gasteiger charge is 2.71. The fraction of sp³-hybridized carbons (Fsp3) is 0.556. The Morgan fingerprint density at radius 3 is 2.38 bits per heavy atom. The lowest BCUT2D eigenvalue weighted by molar-refractivity contribution is -0.0571. The van der Waals surface area contributed by atoms with Crippen LogP contribution in [0.2, 0.25) is 0 Å². The Balaban J connectivity index is 1.59. The lowest BCUT2D eigenvalue weighted by atomic mass is 9.89. The third-order valence-corrected chi connectivity index (χ3v) is 5.90. The molecule has 2 N–H and O–H groups in total. The number of aromatic carboxylic acids is 1. The van der Waals surface area contributed by atoms with E-state index in [0.717, 1.165) is 0 Å². The van der Waals surface area contributed by atoms with Gasteiger partial charge in [0, 0.05) is 11.8 Å². The molecule has 2 saturated heterocycles. The Labute approximate surface area is 139 Å². The Hall–Kier alpha value is -1.92. The average molecular weight is 332 g/mol. The second kappa shape index (κ2) is 5.29. The van der Waals surface area contributed by atoms with Gasteiger partial charge in [0.25, 0.3) is 0 Å². The third kappa shape index (κ3) is 2.09. The van der Waals surface area contributed by atoms with Crippen LogP contribution in [0.1, 0.15) is 34.6 Å². The molecule has 4 aliphatic rings. The smallest absolute Gasteiger partial charge is 0.339 e. The van der Waals surface area contributed by atoms with E-state index in [9.17, 15) is 19.8 Å². The monoisotopic (exact) mass is 332 g/mol. The van der Waals surface area contributed by atoms with Gasteiger partial charge in [-0.1, -0.05) is 26.0 Å². The van der Waals surface area contributed by atoms with E-state index in [1.807, 2.05) is 13.8 Å². The number of benzene rings is 1. The van der Waals surface area contributed by atoms with Crippen LogP contribution < -0.4 is 0 Å². The van der Waals surface area contributed by atoms with Crippen LogP contribution in [0.15, 0.2) is 24.3 Å². The largest absolute Gasteiger partial charge is 0.478 e. The Kier molecular flexibility index (Phi) is 3.44. The highest BCUT2D eigenvalue weighted by molar-refractivity contribution is 6.02. The molecule has 6 nitrogen and oxygen atoms in total. The molecule has 2 aliphatic carbocycles. The molecule has 0 spiro atoms. The first-order chi connectivity index (χ1) is 11.4. The molecule has 0 aromatic heterocycles. The molecule has 5 rings (SSSR count). The first-order valence-corrected chi connectivity index (χ1v) is 8.28. The van der Waals surface area contributed by atoms with Gasteiger partial charge in [0.1, 0.15) is 12.2 Å². The van der Waals surface area contributed by atoms with Gasteiger partial charge in [-0.25, -0.2) is 9.59 Å². The van der Waals surface area contributed by atoms with Crippen molar-refractivity contribution in [3.8, 4) is 0 Å². The third-order valence-electron chi connectivity index (χ3n) is 5.90. The van der Waals surface area contributed by atoms with E-state index < -0.39 is 24.1 Å². The minimum absolute atomic E-state index is 0.0390. The molecule has 3 unspecified atom stereocenters. The van der Waals surface area contributed by atoms with Crippen molar-refractivity contribution in [3.05, 3.63) is 35.4 Å². The topological polar surface area (TPSA) is 93.1 Å². The van der Waals surface area contributed by atoms with Crippen LogP contribution in [0.25, 0.3) is 0 Å². The maximum absolute atomic E-state index is 12.5. The maximum atomic E-state index is 12.5. The van der Waals surface area contributed by atoms with Gasteiger partial charge in [0.05, 0.1) is 23.3 Å². The van der Waals surface area contributed by atoms with Crippen molar-refractivity contribution < 1.29 is 29.3 Å². The molecule has 8 atom stereocenters. The number of carboxylic acid groups (broad SMARTS) is 1. The average Bonchev–Trinajstić information content (AvgIpc) is 3.20. The van der Waals surface area contributed by atoms with Crippen molar-refractivity contribution >= 4 is 11.9 Å². The Morgan fingerprint density at radius 1 is 1.04 bits per heavy atom. The zero-order valence-corrected chi connectivity index (χ0v) is 13.5. The number of ether oxygens (including phenoxy) is 2. The summed E-state index contributed by atoms with van der Waals surface area (Å²) in [7, 11) is 0. The molecule has 1 aromatic rings. The van der Waals surface area contributed by atoms with Crippen LogP contribution in [-0.4, -0.2) is 46.6 Å². The van der Waals surface area contributed by atoms with Crippen LogP contribution in [0.5, 0.6) is 0 Å². The van der Waals surface area contributed by atoms with Crippen molar-refractivity contribution in [2.24, 2.45) is 23.7 Å². The van der Waals surface area contributed by atoms with Crippen LogP contribution in [-0.2, 0) is 9.47 Å². The summed E-state index contributed by atoms with van der Waals surface area (Å²) < 4.78 is 11.7. The van der Waals surface area contributed by atoms with Crippen molar-refractivity contribution in [1.82, 2.24) is 0 Å². The Morgan fingerprint density at radius 2 is 1.71 bits per heavy atom. The molecule has 2 saturated carbocycles. The van der Waals surface area contributed by atoms with Crippen LogP contribution >= 0.6 is 0 Å². The molecule has 0 radical (unpaired) electrons. The summed E-state index contributed by atoms with van der Waals surface area (Å²) in [6.07, 6.45) is -1.21. The number of hydrogen-bond acceptors (Lipinski definition) is 5. The van der Waals surface area contributed by atoms with Crippen LogP contribution in [0, 0.1) is 23.7 Å². The molecule has 1 aromatic carbocycles. The number of hydrogen-bond donors (Lipinski definition) is 2. The summed E-state index contributed by atoms with van der Waals surface area (Å²) >= 11 is 0.